The first kappa shape index (κ1) is 18.1. The van der Waals surface area contributed by atoms with E-state index in [9.17, 15) is 13.2 Å². The van der Waals surface area contributed by atoms with E-state index in [-0.39, 0.29) is 23.5 Å². The van der Waals surface area contributed by atoms with Crippen molar-refractivity contribution in [2.24, 2.45) is 4.99 Å². The molecule has 1 aliphatic carbocycles. The molecule has 2 aromatic rings. The fourth-order valence-corrected chi connectivity index (χ4v) is 6.31. The van der Waals surface area contributed by atoms with E-state index in [1.807, 2.05) is 13.0 Å². The minimum Gasteiger partial charge on any atom is -0.301 e. The third-order valence-corrected chi connectivity index (χ3v) is 8.10. The Morgan fingerprint density at radius 2 is 2.14 bits per heavy atom. The van der Waals surface area contributed by atoms with E-state index < -0.39 is 9.84 Å². The Hall–Kier alpha value is -1.94. The third kappa shape index (κ3) is 3.22. The van der Waals surface area contributed by atoms with Crippen molar-refractivity contribution in [3.8, 4) is 0 Å². The number of aromatic nitrogens is 3. The van der Waals surface area contributed by atoms with Crippen LogP contribution < -0.4 is 5.32 Å². The molecule has 2 aromatic heterocycles. The second-order valence-electron chi connectivity index (χ2n) is 7.64. The number of aliphatic imine (C=N–C) groups is 1. The fourth-order valence-electron chi connectivity index (χ4n) is 3.90. The SMILES string of the molecule is Cc1nn([C@@H]2CCS(=O)(=O)C2)c2nc(C3CC3)cc(C(=O)NC3=NCCS3)c12. The quantitative estimate of drug-likeness (QED) is 0.813. The molecule has 0 radical (unpaired) electrons. The molecule has 10 heteroatoms. The molecule has 148 valence electrons. The van der Waals surface area contributed by atoms with Crippen LogP contribution >= 0.6 is 11.8 Å². The van der Waals surface area contributed by atoms with Crippen molar-refractivity contribution in [1.29, 1.82) is 0 Å². The Morgan fingerprint density at radius 1 is 1.32 bits per heavy atom. The highest BCUT2D eigenvalue weighted by Gasteiger charge is 2.34. The van der Waals surface area contributed by atoms with Crippen LogP contribution in [0.1, 0.15) is 53.0 Å². The molecule has 3 aliphatic rings. The van der Waals surface area contributed by atoms with Gasteiger partial charge >= 0.3 is 0 Å². The molecular formula is C18H21N5O3S2. The number of amides is 1. The number of aryl methyl sites for hydroxylation is 1. The van der Waals surface area contributed by atoms with E-state index in [4.69, 9.17) is 4.98 Å². The van der Waals surface area contributed by atoms with E-state index in [1.54, 1.807) is 4.68 Å². The number of pyridine rings is 1. The second-order valence-corrected chi connectivity index (χ2v) is 11.0. The zero-order valence-corrected chi connectivity index (χ0v) is 17.1. The minimum atomic E-state index is -3.05. The van der Waals surface area contributed by atoms with Gasteiger partial charge < -0.3 is 5.32 Å². The molecule has 0 bridgehead atoms. The van der Waals surface area contributed by atoms with Crippen LogP contribution in [0.3, 0.4) is 0 Å². The van der Waals surface area contributed by atoms with Crippen molar-refractivity contribution in [3.05, 3.63) is 23.0 Å². The Morgan fingerprint density at radius 3 is 2.79 bits per heavy atom. The van der Waals surface area contributed by atoms with Crippen molar-refractivity contribution in [2.75, 3.05) is 23.8 Å². The summed E-state index contributed by atoms with van der Waals surface area (Å²) in [5.41, 5.74) is 2.75. The molecule has 1 amide bonds. The van der Waals surface area contributed by atoms with E-state index in [0.717, 1.165) is 24.3 Å². The second kappa shape index (κ2) is 6.55. The molecule has 1 saturated carbocycles. The molecule has 0 aromatic carbocycles. The Balaban J connectivity index is 1.62. The van der Waals surface area contributed by atoms with Crippen molar-refractivity contribution in [1.82, 2.24) is 20.1 Å². The van der Waals surface area contributed by atoms with Crippen molar-refractivity contribution in [2.45, 2.75) is 38.1 Å². The first-order valence-corrected chi connectivity index (χ1v) is 12.3. The van der Waals surface area contributed by atoms with Crippen LogP contribution in [0.25, 0.3) is 11.0 Å². The summed E-state index contributed by atoms with van der Waals surface area (Å²) in [6.07, 6.45) is 2.66. The number of carbonyl (C=O) groups is 1. The van der Waals surface area contributed by atoms with E-state index >= 15 is 0 Å². The standard InChI is InChI=1S/C18H21N5O3S2/c1-10-15-13(17(24)21-18-19-5-6-27-18)8-14(11-2-3-11)20-16(15)23(22-10)12-4-7-28(25,26)9-12/h8,11-12H,2-7,9H2,1H3,(H,19,21,24)/t12-/m1/s1. The van der Waals surface area contributed by atoms with Crippen LogP contribution in [0.15, 0.2) is 11.1 Å². The van der Waals surface area contributed by atoms with Gasteiger partial charge in [0.05, 0.1) is 40.7 Å². The van der Waals surface area contributed by atoms with Crippen molar-refractivity contribution in [3.63, 3.8) is 0 Å². The molecule has 1 atom stereocenters. The van der Waals surface area contributed by atoms with Gasteiger partial charge in [-0.25, -0.2) is 18.1 Å². The lowest BCUT2D eigenvalue weighted by atomic mass is 10.1. The van der Waals surface area contributed by atoms with Crippen molar-refractivity contribution < 1.29 is 13.2 Å². The fraction of sp³-hybridized carbons (Fsp3) is 0.556. The van der Waals surface area contributed by atoms with E-state index in [1.165, 1.54) is 11.8 Å². The molecule has 8 nitrogen and oxygen atoms in total. The smallest absolute Gasteiger partial charge is 0.258 e. The van der Waals surface area contributed by atoms with Gasteiger partial charge in [0.15, 0.2) is 20.7 Å². The summed E-state index contributed by atoms with van der Waals surface area (Å²) in [6, 6.07) is 1.65. The highest BCUT2D eigenvalue weighted by Crippen LogP contribution is 2.41. The number of carbonyl (C=O) groups excluding carboxylic acids is 1. The average molecular weight is 420 g/mol. The van der Waals surface area contributed by atoms with Crippen molar-refractivity contribution >= 4 is 43.7 Å². The summed E-state index contributed by atoms with van der Waals surface area (Å²) in [4.78, 5) is 22.1. The molecule has 28 heavy (non-hydrogen) atoms. The topological polar surface area (TPSA) is 106 Å². The molecule has 2 fully saturated rings. The molecule has 0 spiro atoms. The van der Waals surface area contributed by atoms with E-state index in [0.29, 0.717) is 46.3 Å². The number of nitrogens with one attached hydrogen (secondary N) is 1. The molecule has 4 heterocycles. The molecule has 5 rings (SSSR count). The largest absolute Gasteiger partial charge is 0.301 e. The molecule has 2 aliphatic heterocycles. The van der Waals surface area contributed by atoms with Gasteiger partial charge in [0.25, 0.3) is 5.91 Å². The van der Waals surface area contributed by atoms with Crippen LogP contribution in [0, 0.1) is 6.92 Å². The number of thioether (sulfide) groups is 1. The van der Waals surface area contributed by atoms with Crippen LogP contribution in [-0.4, -0.2) is 58.1 Å². The lowest BCUT2D eigenvalue weighted by Crippen LogP contribution is -2.27. The predicted molar refractivity (Wildman–Crippen MR) is 109 cm³/mol. The Bertz CT molecular complexity index is 1120. The molecular weight excluding hydrogens is 398 g/mol. The predicted octanol–water partition coefficient (Wildman–Crippen LogP) is 1.81. The number of fused-ring (bicyclic) bond motifs is 1. The maximum atomic E-state index is 13.0. The third-order valence-electron chi connectivity index (χ3n) is 5.46. The Kier molecular flexibility index (Phi) is 4.24. The summed E-state index contributed by atoms with van der Waals surface area (Å²) >= 11 is 1.54. The summed E-state index contributed by atoms with van der Waals surface area (Å²) in [5, 5.41) is 8.87. The van der Waals surface area contributed by atoms with Gasteiger partial charge in [-0.05, 0) is 32.3 Å². The summed E-state index contributed by atoms with van der Waals surface area (Å²) in [5.74, 6) is 1.29. The monoisotopic (exact) mass is 419 g/mol. The first-order valence-electron chi connectivity index (χ1n) is 9.50. The lowest BCUT2D eigenvalue weighted by Gasteiger charge is -2.12. The number of hydrogen-bond donors (Lipinski definition) is 1. The number of rotatable bonds is 3. The highest BCUT2D eigenvalue weighted by molar-refractivity contribution is 8.14. The van der Waals surface area contributed by atoms with Gasteiger partial charge in [0.1, 0.15) is 0 Å². The van der Waals surface area contributed by atoms with E-state index in [2.05, 4.69) is 15.4 Å². The maximum Gasteiger partial charge on any atom is 0.258 e. The van der Waals surface area contributed by atoms with Gasteiger partial charge in [-0.15, -0.1) is 0 Å². The number of hydrogen-bond acceptors (Lipinski definition) is 7. The normalized spacial score (nSPS) is 23.9. The summed E-state index contributed by atoms with van der Waals surface area (Å²) in [6.45, 7) is 2.56. The van der Waals surface area contributed by atoms with Gasteiger partial charge in [0, 0.05) is 17.4 Å². The minimum absolute atomic E-state index is 0.0769. The zero-order chi connectivity index (χ0) is 19.5. The summed E-state index contributed by atoms with van der Waals surface area (Å²) in [7, 11) is -3.05. The van der Waals surface area contributed by atoms with Gasteiger partial charge in [-0.3, -0.25) is 9.79 Å². The maximum absolute atomic E-state index is 13.0. The number of amidine groups is 1. The van der Waals surface area contributed by atoms with Crippen LogP contribution in [0.4, 0.5) is 0 Å². The molecule has 1 N–H and O–H groups in total. The number of nitrogens with zero attached hydrogens (tertiary/aromatic N) is 4. The zero-order valence-electron chi connectivity index (χ0n) is 15.5. The van der Waals surface area contributed by atoms with Crippen LogP contribution in [-0.2, 0) is 9.84 Å². The van der Waals surface area contributed by atoms with Gasteiger partial charge in [-0.1, -0.05) is 11.8 Å². The first-order chi connectivity index (χ1) is 13.4. The number of sulfone groups is 1. The highest BCUT2D eigenvalue weighted by atomic mass is 32.2. The van der Waals surface area contributed by atoms with Crippen LogP contribution in [0.5, 0.6) is 0 Å². The summed E-state index contributed by atoms with van der Waals surface area (Å²) < 4.78 is 25.7. The van der Waals surface area contributed by atoms with Gasteiger partial charge in [-0.2, -0.15) is 5.10 Å². The molecule has 0 unspecified atom stereocenters. The van der Waals surface area contributed by atoms with Crippen LogP contribution in [0.2, 0.25) is 0 Å². The average Bonchev–Trinajstić information content (AvgIpc) is 3.12. The Labute approximate surface area is 167 Å². The molecule has 1 saturated heterocycles. The lowest BCUT2D eigenvalue weighted by molar-refractivity contribution is 0.0979. The van der Waals surface area contributed by atoms with Gasteiger partial charge in [0.2, 0.25) is 0 Å².